The van der Waals surface area contributed by atoms with Crippen LogP contribution in [0.5, 0.6) is 0 Å². The molecule has 0 atom stereocenters. The molecule has 1 amide bonds. The number of benzene rings is 1. The largest absolute Gasteiger partial charge is 0.369 e. The number of aromatic nitrogens is 4. The van der Waals surface area contributed by atoms with Gasteiger partial charge in [-0.2, -0.15) is 0 Å². The molecule has 0 saturated carbocycles. The summed E-state index contributed by atoms with van der Waals surface area (Å²) in [5, 5.41) is 9.45. The maximum atomic E-state index is 12.8. The van der Waals surface area contributed by atoms with Crippen LogP contribution < -0.4 is 11.3 Å². The number of primary amides is 1. The van der Waals surface area contributed by atoms with Crippen molar-refractivity contribution in [1.29, 1.82) is 0 Å². The number of carbonyl (C=O) groups excluding carboxylic acids is 1. The number of fused-ring (bicyclic) bond motifs is 3. The molecule has 7 nitrogen and oxygen atoms in total. The highest BCUT2D eigenvalue weighted by Crippen LogP contribution is 2.21. The highest BCUT2D eigenvalue weighted by molar-refractivity contribution is 7.99. The van der Waals surface area contributed by atoms with E-state index in [1.807, 2.05) is 36.4 Å². The number of nitrogens with zero attached hydrogens (tertiary/aromatic N) is 4. The zero-order valence-electron chi connectivity index (χ0n) is 12.9. The lowest BCUT2D eigenvalue weighted by molar-refractivity contribution is -0.115. The Kier molecular flexibility index (Phi) is 4.08. The lowest BCUT2D eigenvalue weighted by Gasteiger charge is -2.12. The molecule has 0 aliphatic rings. The second-order valence-electron chi connectivity index (χ2n) is 5.70. The fraction of sp³-hybridized carbons (Fsp3) is 0.333. The minimum Gasteiger partial charge on any atom is -0.369 e. The number of thioether (sulfide) groups is 1. The van der Waals surface area contributed by atoms with Crippen molar-refractivity contribution in [2.45, 2.75) is 25.5 Å². The van der Waals surface area contributed by atoms with Crippen LogP contribution in [0.2, 0.25) is 0 Å². The van der Waals surface area contributed by atoms with Gasteiger partial charge >= 0.3 is 0 Å². The van der Waals surface area contributed by atoms with Gasteiger partial charge in [0.05, 0.1) is 16.7 Å². The molecule has 120 valence electrons. The van der Waals surface area contributed by atoms with E-state index in [9.17, 15) is 9.59 Å². The van der Waals surface area contributed by atoms with E-state index in [0.717, 1.165) is 5.52 Å². The van der Waals surface area contributed by atoms with Crippen LogP contribution in [0.25, 0.3) is 16.7 Å². The van der Waals surface area contributed by atoms with Crippen molar-refractivity contribution < 1.29 is 4.79 Å². The molecule has 2 N–H and O–H groups in total. The van der Waals surface area contributed by atoms with E-state index in [2.05, 4.69) is 10.2 Å². The molecule has 0 bridgehead atoms. The molecule has 8 heteroatoms. The first-order valence-electron chi connectivity index (χ1n) is 7.27. The summed E-state index contributed by atoms with van der Waals surface area (Å²) < 4.78 is 3.45. The third kappa shape index (κ3) is 2.81. The van der Waals surface area contributed by atoms with Gasteiger partial charge in [-0.25, -0.2) is 0 Å². The van der Waals surface area contributed by atoms with E-state index in [1.165, 1.54) is 11.8 Å². The van der Waals surface area contributed by atoms with Gasteiger partial charge in [0, 0.05) is 6.54 Å². The molecule has 0 fully saturated rings. The van der Waals surface area contributed by atoms with Crippen molar-refractivity contribution in [3.63, 3.8) is 0 Å². The monoisotopic (exact) mass is 331 g/mol. The standard InChI is InChI=1S/C15H17N5O2S/c1-9(2)7-19-13(22)10-5-3-4-6-11(10)20-14(19)17-18-15(20)23-8-12(16)21/h3-6,9H,7-8H2,1-2H3,(H2,16,21). The Hall–Kier alpha value is -2.35. The highest BCUT2D eigenvalue weighted by Gasteiger charge is 2.17. The number of carbonyl (C=O) groups is 1. The van der Waals surface area contributed by atoms with E-state index in [4.69, 9.17) is 5.73 Å². The lowest BCUT2D eigenvalue weighted by Crippen LogP contribution is -2.25. The molecule has 0 unspecified atom stereocenters. The van der Waals surface area contributed by atoms with Crippen molar-refractivity contribution in [3.05, 3.63) is 34.6 Å². The second-order valence-corrected chi connectivity index (χ2v) is 6.64. The summed E-state index contributed by atoms with van der Waals surface area (Å²) in [6, 6.07) is 7.32. The molecule has 0 spiro atoms. The number of hydrogen-bond donors (Lipinski definition) is 1. The molecule has 23 heavy (non-hydrogen) atoms. The average Bonchev–Trinajstić information content (AvgIpc) is 2.93. The smallest absolute Gasteiger partial charge is 0.262 e. The quantitative estimate of drug-likeness (QED) is 0.711. The van der Waals surface area contributed by atoms with Crippen molar-refractivity contribution in [2.24, 2.45) is 11.7 Å². The minimum atomic E-state index is -0.424. The summed E-state index contributed by atoms with van der Waals surface area (Å²) in [5.41, 5.74) is 5.86. The Bertz CT molecular complexity index is 944. The van der Waals surface area contributed by atoms with E-state index in [1.54, 1.807) is 10.6 Å². The second kappa shape index (κ2) is 6.04. The van der Waals surface area contributed by atoms with Gasteiger partial charge in [0.2, 0.25) is 11.7 Å². The summed E-state index contributed by atoms with van der Waals surface area (Å²) in [6.45, 7) is 4.63. The summed E-state index contributed by atoms with van der Waals surface area (Å²) in [4.78, 5) is 23.8. The average molecular weight is 331 g/mol. The zero-order valence-corrected chi connectivity index (χ0v) is 13.7. The van der Waals surface area contributed by atoms with Gasteiger partial charge in [-0.1, -0.05) is 37.7 Å². The molecule has 0 aliphatic heterocycles. The molecule has 0 radical (unpaired) electrons. The Morgan fingerprint density at radius 1 is 1.30 bits per heavy atom. The first-order chi connectivity index (χ1) is 11.0. The molecule has 2 aromatic heterocycles. The van der Waals surface area contributed by atoms with Crippen LogP contribution in [-0.2, 0) is 11.3 Å². The predicted octanol–water partition coefficient (Wildman–Crippen LogP) is 1.28. The summed E-state index contributed by atoms with van der Waals surface area (Å²) >= 11 is 1.21. The molecular formula is C15H17N5O2S. The van der Waals surface area contributed by atoms with Gasteiger partial charge in [-0.05, 0) is 18.1 Å². The normalized spacial score (nSPS) is 11.6. The Balaban J connectivity index is 2.32. The van der Waals surface area contributed by atoms with Crippen molar-refractivity contribution in [1.82, 2.24) is 19.2 Å². The van der Waals surface area contributed by atoms with Gasteiger partial charge in [0.15, 0.2) is 5.16 Å². The van der Waals surface area contributed by atoms with E-state index >= 15 is 0 Å². The van der Waals surface area contributed by atoms with Crippen molar-refractivity contribution in [2.75, 3.05) is 5.75 Å². The number of hydrogen-bond acceptors (Lipinski definition) is 5. The first kappa shape index (κ1) is 15.5. The zero-order chi connectivity index (χ0) is 16.6. The van der Waals surface area contributed by atoms with Gasteiger partial charge in [0.1, 0.15) is 0 Å². The van der Waals surface area contributed by atoms with Crippen LogP contribution in [0, 0.1) is 5.92 Å². The van der Waals surface area contributed by atoms with Crippen LogP contribution in [0.4, 0.5) is 0 Å². The maximum Gasteiger partial charge on any atom is 0.262 e. The van der Waals surface area contributed by atoms with Crippen molar-refractivity contribution >= 4 is 34.3 Å². The third-order valence-corrected chi connectivity index (χ3v) is 4.32. The number of amides is 1. The van der Waals surface area contributed by atoms with Crippen molar-refractivity contribution in [3.8, 4) is 0 Å². The molecule has 0 aliphatic carbocycles. The van der Waals surface area contributed by atoms with E-state index in [-0.39, 0.29) is 17.2 Å². The summed E-state index contributed by atoms with van der Waals surface area (Å²) in [5.74, 6) is 0.454. The fourth-order valence-electron chi connectivity index (χ4n) is 2.49. The molecule has 0 saturated heterocycles. The fourth-order valence-corrected chi connectivity index (χ4v) is 3.17. The predicted molar refractivity (Wildman–Crippen MR) is 89.5 cm³/mol. The van der Waals surface area contributed by atoms with Crippen LogP contribution in [0.15, 0.2) is 34.2 Å². The van der Waals surface area contributed by atoms with E-state index in [0.29, 0.717) is 22.9 Å². The van der Waals surface area contributed by atoms with E-state index < -0.39 is 5.91 Å². The number of rotatable bonds is 5. The SMILES string of the molecule is CC(C)Cn1c(=O)c2ccccc2n2c(SCC(N)=O)nnc12. The Morgan fingerprint density at radius 2 is 2.04 bits per heavy atom. The summed E-state index contributed by atoms with van der Waals surface area (Å²) in [7, 11) is 0. The first-order valence-corrected chi connectivity index (χ1v) is 8.25. The molecule has 3 rings (SSSR count). The minimum absolute atomic E-state index is 0.0827. The topological polar surface area (TPSA) is 95.3 Å². The van der Waals surface area contributed by atoms with Crippen LogP contribution >= 0.6 is 11.8 Å². The molecular weight excluding hydrogens is 314 g/mol. The van der Waals surface area contributed by atoms with Crippen LogP contribution in [-0.4, -0.2) is 30.8 Å². The van der Waals surface area contributed by atoms with Gasteiger partial charge in [-0.3, -0.25) is 18.6 Å². The maximum absolute atomic E-state index is 12.8. The Labute approximate surface area is 136 Å². The molecule has 3 aromatic rings. The van der Waals surface area contributed by atoms with Crippen LogP contribution in [0.3, 0.4) is 0 Å². The molecule has 2 heterocycles. The summed E-state index contributed by atoms with van der Waals surface area (Å²) in [6.07, 6.45) is 0. The number of para-hydroxylation sites is 1. The van der Waals surface area contributed by atoms with Gasteiger partial charge in [0.25, 0.3) is 5.56 Å². The third-order valence-electron chi connectivity index (χ3n) is 3.37. The Morgan fingerprint density at radius 3 is 2.74 bits per heavy atom. The molecule has 1 aromatic carbocycles. The number of nitrogens with two attached hydrogens (primary N) is 1. The lowest BCUT2D eigenvalue weighted by atomic mass is 10.2. The van der Waals surface area contributed by atoms with Gasteiger partial charge in [-0.15, -0.1) is 10.2 Å². The van der Waals surface area contributed by atoms with Crippen LogP contribution in [0.1, 0.15) is 13.8 Å². The van der Waals surface area contributed by atoms with Gasteiger partial charge < -0.3 is 5.73 Å². The highest BCUT2D eigenvalue weighted by atomic mass is 32.2.